The van der Waals surface area contributed by atoms with Gasteiger partial charge in [-0.3, -0.25) is 19.8 Å². The Balaban J connectivity index is 1.52. The van der Waals surface area contributed by atoms with Crippen LogP contribution in [0.25, 0.3) is 0 Å². The van der Waals surface area contributed by atoms with Crippen molar-refractivity contribution < 1.29 is 14.5 Å². The standard InChI is InChI=1S/C20H24N4O4/c1-15-18(4-3-5-19(15)24(26)27)21-20(25)14-22-10-12-23(13-11-22)16-6-8-17(28-2)9-7-16/h3-9H,10-14H2,1-2H3,(H,21,25). The maximum atomic E-state index is 12.4. The number of anilines is 2. The third kappa shape index (κ3) is 4.58. The smallest absolute Gasteiger partial charge is 0.274 e. The number of carbonyl (C=O) groups is 1. The molecule has 2 aromatic rings. The van der Waals surface area contributed by atoms with E-state index in [2.05, 4.69) is 15.1 Å². The molecule has 0 atom stereocenters. The predicted molar refractivity (Wildman–Crippen MR) is 108 cm³/mol. The van der Waals surface area contributed by atoms with Gasteiger partial charge in [0.1, 0.15) is 5.75 Å². The van der Waals surface area contributed by atoms with Gasteiger partial charge in [0.05, 0.1) is 29.8 Å². The number of amides is 1. The molecule has 3 rings (SSSR count). The van der Waals surface area contributed by atoms with E-state index in [1.54, 1.807) is 26.2 Å². The molecule has 1 N–H and O–H groups in total. The minimum atomic E-state index is -0.441. The second-order valence-corrected chi connectivity index (χ2v) is 6.72. The maximum absolute atomic E-state index is 12.4. The van der Waals surface area contributed by atoms with Crippen molar-refractivity contribution in [2.24, 2.45) is 0 Å². The number of nitro benzene ring substituents is 1. The van der Waals surface area contributed by atoms with Crippen LogP contribution in [0.15, 0.2) is 42.5 Å². The summed E-state index contributed by atoms with van der Waals surface area (Å²) in [4.78, 5) is 27.3. The van der Waals surface area contributed by atoms with Crippen molar-refractivity contribution in [3.8, 4) is 5.75 Å². The van der Waals surface area contributed by atoms with Crippen LogP contribution >= 0.6 is 0 Å². The van der Waals surface area contributed by atoms with Gasteiger partial charge in [-0.25, -0.2) is 0 Å². The lowest BCUT2D eigenvalue weighted by Gasteiger charge is -2.35. The van der Waals surface area contributed by atoms with E-state index in [1.807, 2.05) is 24.3 Å². The third-order valence-electron chi connectivity index (χ3n) is 4.95. The van der Waals surface area contributed by atoms with E-state index in [0.717, 1.165) is 37.6 Å². The molecule has 1 fully saturated rings. The lowest BCUT2D eigenvalue weighted by molar-refractivity contribution is -0.385. The van der Waals surface area contributed by atoms with Crippen LogP contribution in [0.2, 0.25) is 0 Å². The van der Waals surface area contributed by atoms with Gasteiger partial charge in [-0.05, 0) is 37.3 Å². The average molecular weight is 384 g/mol. The molecular formula is C20H24N4O4. The molecule has 0 aliphatic carbocycles. The predicted octanol–water partition coefficient (Wildman–Crippen LogP) is 2.67. The van der Waals surface area contributed by atoms with Crippen molar-refractivity contribution in [2.75, 3.05) is 50.1 Å². The Bertz CT molecular complexity index is 846. The minimum Gasteiger partial charge on any atom is -0.497 e. The van der Waals surface area contributed by atoms with E-state index in [4.69, 9.17) is 4.74 Å². The maximum Gasteiger partial charge on any atom is 0.274 e. The van der Waals surface area contributed by atoms with Crippen LogP contribution in [0.3, 0.4) is 0 Å². The average Bonchev–Trinajstić information content (AvgIpc) is 2.70. The van der Waals surface area contributed by atoms with Crippen molar-refractivity contribution in [1.82, 2.24) is 4.90 Å². The molecule has 1 aliphatic heterocycles. The van der Waals surface area contributed by atoms with Gasteiger partial charge >= 0.3 is 0 Å². The molecule has 28 heavy (non-hydrogen) atoms. The number of hydrogen-bond donors (Lipinski definition) is 1. The normalized spacial score (nSPS) is 14.6. The highest BCUT2D eigenvalue weighted by molar-refractivity contribution is 5.93. The fourth-order valence-electron chi connectivity index (χ4n) is 3.31. The number of methoxy groups -OCH3 is 1. The highest BCUT2D eigenvalue weighted by Gasteiger charge is 2.20. The largest absolute Gasteiger partial charge is 0.497 e. The summed E-state index contributed by atoms with van der Waals surface area (Å²) >= 11 is 0. The molecule has 0 bridgehead atoms. The van der Waals surface area contributed by atoms with E-state index in [0.29, 0.717) is 11.3 Å². The molecule has 0 saturated carbocycles. The van der Waals surface area contributed by atoms with Crippen molar-refractivity contribution in [3.63, 3.8) is 0 Å². The Morgan fingerprint density at radius 3 is 2.43 bits per heavy atom. The van der Waals surface area contributed by atoms with Crippen LogP contribution in [0.5, 0.6) is 5.75 Å². The topological polar surface area (TPSA) is 88.0 Å². The first-order chi connectivity index (χ1) is 13.5. The van der Waals surface area contributed by atoms with Gasteiger partial charge < -0.3 is 15.0 Å². The lowest BCUT2D eigenvalue weighted by atomic mass is 10.1. The highest BCUT2D eigenvalue weighted by atomic mass is 16.6. The molecular weight excluding hydrogens is 360 g/mol. The number of benzene rings is 2. The zero-order chi connectivity index (χ0) is 20.1. The fraction of sp³-hybridized carbons (Fsp3) is 0.350. The van der Waals surface area contributed by atoms with Gasteiger partial charge in [-0.2, -0.15) is 0 Å². The van der Waals surface area contributed by atoms with Crippen molar-refractivity contribution >= 4 is 23.0 Å². The van der Waals surface area contributed by atoms with E-state index >= 15 is 0 Å². The molecule has 8 nitrogen and oxygen atoms in total. The van der Waals surface area contributed by atoms with Crippen molar-refractivity contribution in [3.05, 3.63) is 58.1 Å². The van der Waals surface area contributed by atoms with E-state index in [9.17, 15) is 14.9 Å². The van der Waals surface area contributed by atoms with Gasteiger partial charge in [0.25, 0.3) is 5.69 Å². The number of hydrogen-bond acceptors (Lipinski definition) is 6. The Morgan fingerprint density at radius 2 is 1.82 bits per heavy atom. The Morgan fingerprint density at radius 1 is 1.14 bits per heavy atom. The van der Waals surface area contributed by atoms with Gasteiger partial charge in [0.2, 0.25) is 5.91 Å². The molecule has 1 aliphatic rings. The van der Waals surface area contributed by atoms with Crippen LogP contribution in [0.4, 0.5) is 17.1 Å². The van der Waals surface area contributed by atoms with Gasteiger partial charge in [0.15, 0.2) is 0 Å². The summed E-state index contributed by atoms with van der Waals surface area (Å²) < 4.78 is 5.19. The number of rotatable bonds is 6. The molecule has 148 valence electrons. The zero-order valence-electron chi connectivity index (χ0n) is 16.1. The molecule has 0 aromatic heterocycles. The second-order valence-electron chi connectivity index (χ2n) is 6.72. The highest BCUT2D eigenvalue weighted by Crippen LogP contribution is 2.25. The van der Waals surface area contributed by atoms with E-state index < -0.39 is 4.92 Å². The Hall–Kier alpha value is -3.13. The SMILES string of the molecule is COc1ccc(N2CCN(CC(=O)Nc3cccc([N+](=O)[O-])c3C)CC2)cc1. The fourth-order valence-corrected chi connectivity index (χ4v) is 3.31. The summed E-state index contributed by atoms with van der Waals surface area (Å²) in [6.07, 6.45) is 0. The van der Waals surface area contributed by atoms with Crippen LogP contribution in [0, 0.1) is 17.0 Å². The first-order valence-corrected chi connectivity index (χ1v) is 9.13. The van der Waals surface area contributed by atoms with Gasteiger partial charge in [0, 0.05) is 37.9 Å². The van der Waals surface area contributed by atoms with Gasteiger partial charge in [-0.15, -0.1) is 0 Å². The Labute approximate surface area is 163 Å². The van der Waals surface area contributed by atoms with Crippen molar-refractivity contribution in [2.45, 2.75) is 6.92 Å². The molecule has 2 aromatic carbocycles. The minimum absolute atomic E-state index is 0.00547. The summed E-state index contributed by atoms with van der Waals surface area (Å²) in [5.74, 6) is 0.664. The summed E-state index contributed by atoms with van der Waals surface area (Å²) in [6, 6.07) is 12.6. The summed E-state index contributed by atoms with van der Waals surface area (Å²) in [5.41, 5.74) is 2.09. The molecule has 1 heterocycles. The number of nitro groups is 1. The number of nitrogens with zero attached hydrogens (tertiary/aromatic N) is 3. The summed E-state index contributed by atoms with van der Waals surface area (Å²) in [6.45, 7) is 5.10. The first-order valence-electron chi connectivity index (χ1n) is 9.13. The molecule has 8 heteroatoms. The third-order valence-corrected chi connectivity index (χ3v) is 4.95. The van der Waals surface area contributed by atoms with E-state index in [-0.39, 0.29) is 18.1 Å². The molecule has 1 saturated heterocycles. The molecule has 0 spiro atoms. The number of piperazine rings is 1. The summed E-state index contributed by atoms with van der Waals surface area (Å²) in [7, 11) is 1.65. The van der Waals surface area contributed by atoms with Crippen LogP contribution in [-0.4, -0.2) is 55.6 Å². The molecule has 1 amide bonds. The zero-order valence-corrected chi connectivity index (χ0v) is 16.1. The number of nitrogens with one attached hydrogen (secondary N) is 1. The van der Waals surface area contributed by atoms with Crippen LogP contribution < -0.4 is 15.0 Å². The van der Waals surface area contributed by atoms with Gasteiger partial charge in [-0.1, -0.05) is 6.07 Å². The Kier molecular flexibility index (Phi) is 6.10. The number of ether oxygens (including phenoxy) is 1. The van der Waals surface area contributed by atoms with Crippen LogP contribution in [-0.2, 0) is 4.79 Å². The van der Waals surface area contributed by atoms with E-state index in [1.165, 1.54) is 6.07 Å². The molecule has 0 radical (unpaired) electrons. The lowest BCUT2D eigenvalue weighted by Crippen LogP contribution is -2.48. The monoisotopic (exact) mass is 384 g/mol. The molecule has 0 unspecified atom stereocenters. The number of carbonyl (C=O) groups excluding carboxylic acids is 1. The van der Waals surface area contributed by atoms with Crippen LogP contribution in [0.1, 0.15) is 5.56 Å². The first kappa shape index (κ1) is 19.6. The second kappa shape index (κ2) is 8.71. The quantitative estimate of drug-likeness (QED) is 0.609. The van der Waals surface area contributed by atoms with Crippen molar-refractivity contribution in [1.29, 1.82) is 0 Å². The summed E-state index contributed by atoms with van der Waals surface area (Å²) in [5, 5.41) is 13.8.